The van der Waals surface area contributed by atoms with Crippen LogP contribution in [0.15, 0.2) is 6.07 Å². The first kappa shape index (κ1) is 11.9. The van der Waals surface area contributed by atoms with Gasteiger partial charge in [0.25, 0.3) is 5.91 Å². The van der Waals surface area contributed by atoms with Crippen LogP contribution in [-0.2, 0) is 0 Å². The summed E-state index contributed by atoms with van der Waals surface area (Å²) in [5.74, 6) is -0.111. The summed E-state index contributed by atoms with van der Waals surface area (Å²) in [5.41, 5.74) is 3.50. The lowest BCUT2D eigenvalue weighted by Gasteiger charge is -1.99. The van der Waals surface area contributed by atoms with Crippen LogP contribution in [0.3, 0.4) is 0 Å². The quantitative estimate of drug-likeness (QED) is 0.859. The molecule has 2 aromatic rings. The molecule has 90 valence electrons. The fourth-order valence-electron chi connectivity index (χ4n) is 1.65. The predicted molar refractivity (Wildman–Crippen MR) is 69.8 cm³/mol. The zero-order valence-electron chi connectivity index (χ0n) is 10.3. The molecule has 0 bridgehead atoms. The van der Waals surface area contributed by atoms with Crippen molar-refractivity contribution in [2.45, 2.75) is 27.7 Å². The SMILES string of the molecule is Cc1cc(C(=O)Nc2nc(C)c(C)s2)c(C)[nH]1. The first-order valence-electron chi connectivity index (χ1n) is 5.39. The van der Waals surface area contributed by atoms with Crippen molar-refractivity contribution >= 4 is 22.4 Å². The van der Waals surface area contributed by atoms with Crippen LogP contribution in [0.4, 0.5) is 5.13 Å². The van der Waals surface area contributed by atoms with Gasteiger partial charge in [-0.3, -0.25) is 10.1 Å². The average Bonchev–Trinajstić information content (AvgIpc) is 2.71. The molecule has 0 aliphatic heterocycles. The van der Waals surface area contributed by atoms with Crippen LogP contribution >= 0.6 is 11.3 Å². The van der Waals surface area contributed by atoms with Crippen LogP contribution in [0.25, 0.3) is 0 Å². The van der Waals surface area contributed by atoms with Crippen molar-refractivity contribution < 1.29 is 4.79 Å². The number of nitrogens with one attached hydrogen (secondary N) is 2. The number of rotatable bonds is 2. The number of H-pyrrole nitrogens is 1. The molecular formula is C12H15N3OS. The molecule has 0 aromatic carbocycles. The van der Waals surface area contributed by atoms with Crippen molar-refractivity contribution in [2.24, 2.45) is 0 Å². The van der Waals surface area contributed by atoms with E-state index >= 15 is 0 Å². The Morgan fingerprint density at radius 2 is 2.06 bits per heavy atom. The summed E-state index contributed by atoms with van der Waals surface area (Å²) < 4.78 is 0. The van der Waals surface area contributed by atoms with Gasteiger partial charge in [0.15, 0.2) is 5.13 Å². The van der Waals surface area contributed by atoms with E-state index in [1.165, 1.54) is 11.3 Å². The van der Waals surface area contributed by atoms with E-state index < -0.39 is 0 Å². The lowest BCUT2D eigenvalue weighted by Crippen LogP contribution is -2.12. The smallest absolute Gasteiger partial charge is 0.259 e. The molecule has 2 rings (SSSR count). The Balaban J connectivity index is 2.19. The molecule has 2 aromatic heterocycles. The molecule has 0 saturated carbocycles. The first-order valence-corrected chi connectivity index (χ1v) is 6.20. The Kier molecular flexibility index (Phi) is 3.02. The molecule has 0 saturated heterocycles. The van der Waals surface area contributed by atoms with Gasteiger partial charge in [-0.2, -0.15) is 0 Å². The normalized spacial score (nSPS) is 10.6. The molecule has 0 radical (unpaired) electrons. The Bertz CT molecular complexity index is 549. The molecule has 2 heterocycles. The van der Waals surface area contributed by atoms with Crippen molar-refractivity contribution in [1.29, 1.82) is 0 Å². The second-order valence-electron chi connectivity index (χ2n) is 4.11. The Morgan fingerprint density at radius 3 is 2.53 bits per heavy atom. The second kappa shape index (κ2) is 4.33. The van der Waals surface area contributed by atoms with Gasteiger partial charge in [-0.25, -0.2) is 4.98 Å². The number of aromatic nitrogens is 2. The van der Waals surface area contributed by atoms with Gasteiger partial charge in [0.2, 0.25) is 0 Å². The fraction of sp³-hybridized carbons (Fsp3) is 0.333. The van der Waals surface area contributed by atoms with Crippen LogP contribution in [0, 0.1) is 27.7 Å². The van der Waals surface area contributed by atoms with Crippen LogP contribution in [-0.4, -0.2) is 15.9 Å². The molecule has 4 nitrogen and oxygen atoms in total. The minimum absolute atomic E-state index is 0.111. The Labute approximate surface area is 104 Å². The summed E-state index contributed by atoms with van der Waals surface area (Å²) in [7, 11) is 0. The molecule has 0 aliphatic carbocycles. The van der Waals surface area contributed by atoms with Crippen LogP contribution in [0.5, 0.6) is 0 Å². The molecule has 1 amide bonds. The standard InChI is InChI=1S/C12H15N3OS/c1-6-5-10(8(3)13-6)11(16)15-12-14-7(2)9(4)17-12/h5,13H,1-4H3,(H,14,15,16). The van der Waals surface area contributed by atoms with E-state index in [0.717, 1.165) is 22.0 Å². The molecule has 5 heteroatoms. The van der Waals surface area contributed by atoms with Crippen LogP contribution < -0.4 is 5.32 Å². The highest BCUT2D eigenvalue weighted by atomic mass is 32.1. The van der Waals surface area contributed by atoms with Gasteiger partial charge < -0.3 is 4.98 Å². The second-order valence-corrected chi connectivity index (χ2v) is 5.31. The monoisotopic (exact) mass is 249 g/mol. The summed E-state index contributed by atoms with van der Waals surface area (Å²) in [6.07, 6.45) is 0. The number of nitrogens with zero attached hydrogens (tertiary/aromatic N) is 1. The molecule has 0 aliphatic rings. The van der Waals surface area contributed by atoms with Gasteiger partial charge in [0.05, 0.1) is 11.3 Å². The third kappa shape index (κ3) is 2.39. The number of aryl methyl sites for hydroxylation is 4. The van der Waals surface area contributed by atoms with E-state index in [0.29, 0.717) is 10.7 Å². The van der Waals surface area contributed by atoms with Crippen molar-refractivity contribution in [3.8, 4) is 0 Å². The highest BCUT2D eigenvalue weighted by Gasteiger charge is 2.13. The number of carbonyl (C=O) groups excluding carboxylic acids is 1. The number of thiazole rings is 1. The van der Waals surface area contributed by atoms with Crippen molar-refractivity contribution in [3.05, 3.63) is 33.6 Å². The minimum atomic E-state index is -0.111. The van der Waals surface area contributed by atoms with Crippen LogP contribution in [0.2, 0.25) is 0 Å². The van der Waals surface area contributed by atoms with Gasteiger partial charge in [0, 0.05) is 16.3 Å². The lowest BCUT2D eigenvalue weighted by molar-refractivity contribution is 0.102. The van der Waals surface area contributed by atoms with Crippen molar-refractivity contribution in [3.63, 3.8) is 0 Å². The third-order valence-corrected chi connectivity index (χ3v) is 3.63. The van der Waals surface area contributed by atoms with E-state index in [4.69, 9.17) is 0 Å². The van der Waals surface area contributed by atoms with Crippen molar-refractivity contribution in [2.75, 3.05) is 5.32 Å². The first-order chi connectivity index (χ1) is 7.97. The summed E-state index contributed by atoms with van der Waals surface area (Å²) in [4.78, 5) is 20.5. The number of hydrogen-bond donors (Lipinski definition) is 2. The average molecular weight is 249 g/mol. The van der Waals surface area contributed by atoms with Crippen molar-refractivity contribution in [1.82, 2.24) is 9.97 Å². The number of hydrogen-bond acceptors (Lipinski definition) is 3. The summed E-state index contributed by atoms with van der Waals surface area (Å²) >= 11 is 1.50. The summed E-state index contributed by atoms with van der Waals surface area (Å²) in [6.45, 7) is 7.75. The molecule has 0 atom stereocenters. The maximum Gasteiger partial charge on any atom is 0.259 e. The summed E-state index contributed by atoms with van der Waals surface area (Å²) in [5, 5.41) is 3.48. The molecule has 0 spiro atoms. The summed E-state index contributed by atoms with van der Waals surface area (Å²) in [6, 6.07) is 1.85. The maximum atomic E-state index is 12.0. The molecule has 0 unspecified atom stereocenters. The number of anilines is 1. The zero-order chi connectivity index (χ0) is 12.6. The highest BCUT2D eigenvalue weighted by molar-refractivity contribution is 7.15. The highest BCUT2D eigenvalue weighted by Crippen LogP contribution is 2.22. The van der Waals surface area contributed by atoms with Gasteiger partial charge >= 0.3 is 0 Å². The number of amides is 1. The maximum absolute atomic E-state index is 12.0. The zero-order valence-corrected chi connectivity index (χ0v) is 11.2. The van der Waals surface area contributed by atoms with Gasteiger partial charge in [0.1, 0.15) is 0 Å². The topological polar surface area (TPSA) is 57.8 Å². The molecule has 17 heavy (non-hydrogen) atoms. The third-order valence-electron chi connectivity index (χ3n) is 2.64. The molecule has 2 N–H and O–H groups in total. The Hall–Kier alpha value is -1.62. The van der Waals surface area contributed by atoms with E-state index in [1.807, 2.05) is 33.8 Å². The molecular weight excluding hydrogens is 234 g/mol. The number of carbonyl (C=O) groups is 1. The minimum Gasteiger partial charge on any atom is -0.362 e. The predicted octanol–water partition coefficient (Wildman–Crippen LogP) is 2.96. The van der Waals surface area contributed by atoms with E-state index in [1.54, 1.807) is 0 Å². The molecule has 0 fully saturated rings. The van der Waals surface area contributed by atoms with Gasteiger partial charge in [-0.15, -0.1) is 11.3 Å². The number of aromatic amines is 1. The lowest BCUT2D eigenvalue weighted by atomic mass is 10.2. The van der Waals surface area contributed by atoms with Gasteiger partial charge in [-0.05, 0) is 33.8 Å². The largest absolute Gasteiger partial charge is 0.362 e. The van der Waals surface area contributed by atoms with Gasteiger partial charge in [-0.1, -0.05) is 0 Å². The van der Waals surface area contributed by atoms with E-state index in [2.05, 4.69) is 15.3 Å². The fourth-order valence-corrected chi connectivity index (χ4v) is 2.46. The Morgan fingerprint density at radius 1 is 1.35 bits per heavy atom. The van der Waals surface area contributed by atoms with E-state index in [-0.39, 0.29) is 5.91 Å². The van der Waals surface area contributed by atoms with Crippen LogP contribution in [0.1, 0.15) is 32.3 Å². The van der Waals surface area contributed by atoms with E-state index in [9.17, 15) is 4.79 Å².